The fourth-order valence-electron chi connectivity index (χ4n) is 5.57. The summed E-state index contributed by atoms with van der Waals surface area (Å²) in [5.41, 5.74) is 2.51. The van der Waals surface area contributed by atoms with Crippen LogP contribution >= 0.6 is 23.5 Å². The Bertz CT molecular complexity index is 1310. The normalized spacial score (nSPS) is 25.3. The molecule has 1 aliphatic carbocycles. The molecule has 1 amide bonds. The first-order valence-electron chi connectivity index (χ1n) is 14.6. The van der Waals surface area contributed by atoms with Gasteiger partial charge in [0.25, 0.3) is 0 Å². The van der Waals surface area contributed by atoms with Crippen molar-refractivity contribution < 1.29 is 37.3 Å². The molecule has 0 bridgehead atoms. The number of thioether (sulfide) groups is 2. The first kappa shape index (κ1) is 32.8. The second-order valence-electron chi connectivity index (χ2n) is 10.9. The van der Waals surface area contributed by atoms with Gasteiger partial charge in [0.15, 0.2) is 0 Å². The highest BCUT2D eigenvalue weighted by molar-refractivity contribution is 8.18. The lowest BCUT2D eigenvalue weighted by atomic mass is 10.0. The molecule has 3 aromatic carbocycles. The lowest BCUT2D eigenvalue weighted by molar-refractivity contribution is -0.185. The summed E-state index contributed by atoms with van der Waals surface area (Å²) >= 11 is 2.91. The Kier molecular flexibility index (Phi) is 11.3. The summed E-state index contributed by atoms with van der Waals surface area (Å²) < 4.78 is 59.8. The Morgan fingerprint density at radius 1 is 0.750 bits per heavy atom. The smallest absolute Gasteiger partial charge is 0.390 e. The maximum Gasteiger partial charge on any atom is 0.471 e. The average molecular weight is 648 g/mol. The number of aliphatic hydroxyl groups is 1. The van der Waals surface area contributed by atoms with E-state index in [1.165, 1.54) is 23.5 Å². The van der Waals surface area contributed by atoms with Gasteiger partial charge in [0.2, 0.25) is 0 Å². The van der Waals surface area contributed by atoms with Crippen molar-refractivity contribution in [2.45, 2.75) is 73.4 Å². The lowest BCUT2D eigenvalue weighted by Crippen LogP contribution is -2.62. The fraction of sp³-hybridized carbons (Fsp3) is 0.424. The molecule has 3 aromatic rings. The number of nitrogens with one attached hydrogen (secondary N) is 1. The van der Waals surface area contributed by atoms with Crippen LogP contribution in [0.25, 0.3) is 0 Å². The van der Waals surface area contributed by atoms with Crippen molar-refractivity contribution in [1.29, 1.82) is 0 Å². The SMILES string of the molecule is O=C(N[C@@H]1[C@@H](OCc2ccccc2)[C@H](OCc2ccccc2)[C@H](OCc2ccccc2)[C@H](O)CC12SCCCS2)C(F)(F)F. The van der Waals surface area contributed by atoms with Crippen molar-refractivity contribution >= 4 is 29.4 Å². The Morgan fingerprint density at radius 2 is 1.18 bits per heavy atom. The van der Waals surface area contributed by atoms with Crippen molar-refractivity contribution in [2.75, 3.05) is 11.5 Å². The molecule has 236 valence electrons. The molecule has 11 heteroatoms. The van der Waals surface area contributed by atoms with Gasteiger partial charge in [-0.1, -0.05) is 91.0 Å². The molecule has 2 N–H and O–H groups in total. The van der Waals surface area contributed by atoms with Gasteiger partial charge >= 0.3 is 12.1 Å². The number of hydrogen-bond acceptors (Lipinski definition) is 7. The van der Waals surface area contributed by atoms with Crippen molar-refractivity contribution in [3.8, 4) is 0 Å². The van der Waals surface area contributed by atoms with E-state index in [-0.39, 0.29) is 26.2 Å². The number of ether oxygens (including phenoxy) is 3. The first-order chi connectivity index (χ1) is 21.2. The van der Waals surface area contributed by atoms with Crippen LogP contribution in [0.3, 0.4) is 0 Å². The van der Waals surface area contributed by atoms with Crippen molar-refractivity contribution in [1.82, 2.24) is 5.32 Å². The third-order valence-electron chi connectivity index (χ3n) is 7.70. The monoisotopic (exact) mass is 647 g/mol. The molecule has 1 spiro atoms. The Hall–Kier alpha value is -2.54. The van der Waals surface area contributed by atoms with Gasteiger partial charge in [0, 0.05) is 6.42 Å². The molecule has 6 nitrogen and oxygen atoms in total. The quantitative estimate of drug-likeness (QED) is 0.275. The maximum absolute atomic E-state index is 13.8. The summed E-state index contributed by atoms with van der Waals surface area (Å²) in [5, 5.41) is 14.1. The van der Waals surface area contributed by atoms with Gasteiger partial charge in [0.1, 0.15) is 18.3 Å². The standard InChI is InChI=1S/C33H36F3NO5S2/c34-33(35,36)31(39)37-30-29(42-22-25-15-8-3-9-16-25)28(41-21-24-13-6-2-7-14-24)27(40-20-23-11-4-1-5-12-23)26(38)19-32(30)43-17-10-18-44-32/h1-9,11-16,26-30,38H,10,17-22H2,(H,37,39)/t26-,27-,28-,29+,30-/m1/s1. The van der Waals surface area contributed by atoms with Gasteiger partial charge in [-0.2, -0.15) is 13.2 Å². The van der Waals surface area contributed by atoms with E-state index < -0.39 is 46.6 Å². The number of hydrogen-bond donors (Lipinski definition) is 2. The summed E-state index contributed by atoms with van der Waals surface area (Å²) in [6.07, 6.45) is -8.39. The number of rotatable bonds is 10. The Labute approximate surface area is 264 Å². The predicted octanol–water partition coefficient (Wildman–Crippen LogP) is 6.12. The molecule has 44 heavy (non-hydrogen) atoms. The summed E-state index contributed by atoms with van der Waals surface area (Å²) in [6, 6.07) is 26.9. The van der Waals surface area contributed by atoms with Crippen LogP contribution < -0.4 is 5.32 Å². The molecule has 0 aromatic heterocycles. The van der Waals surface area contributed by atoms with E-state index in [4.69, 9.17) is 14.2 Å². The van der Waals surface area contributed by atoms with Crippen LogP contribution in [0.15, 0.2) is 91.0 Å². The first-order valence-corrected chi connectivity index (χ1v) is 16.5. The predicted molar refractivity (Wildman–Crippen MR) is 166 cm³/mol. The second kappa shape index (κ2) is 15.2. The van der Waals surface area contributed by atoms with E-state index >= 15 is 0 Å². The number of alkyl halides is 3. The van der Waals surface area contributed by atoms with Crippen LogP contribution in [-0.4, -0.2) is 63.2 Å². The Balaban J connectivity index is 1.57. The van der Waals surface area contributed by atoms with Crippen LogP contribution in [0.5, 0.6) is 0 Å². The number of benzene rings is 3. The molecule has 2 aliphatic rings. The topological polar surface area (TPSA) is 77.0 Å². The van der Waals surface area contributed by atoms with E-state index in [0.29, 0.717) is 11.5 Å². The molecule has 0 radical (unpaired) electrons. The zero-order chi connectivity index (χ0) is 31.0. The van der Waals surface area contributed by atoms with Crippen LogP contribution in [0.2, 0.25) is 0 Å². The highest BCUT2D eigenvalue weighted by Crippen LogP contribution is 2.52. The largest absolute Gasteiger partial charge is 0.471 e. The number of aliphatic hydroxyl groups excluding tert-OH is 1. The highest BCUT2D eigenvalue weighted by Gasteiger charge is 2.58. The van der Waals surface area contributed by atoms with E-state index in [1.54, 1.807) is 0 Å². The van der Waals surface area contributed by atoms with Gasteiger partial charge in [-0.3, -0.25) is 4.79 Å². The van der Waals surface area contributed by atoms with Gasteiger partial charge in [-0.05, 0) is 34.6 Å². The lowest BCUT2D eigenvalue weighted by Gasteiger charge is -2.45. The number of carbonyl (C=O) groups is 1. The van der Waals surface area contributed by atoms with E-state index in [1.807, 2.05) is 91.0 Å². The van der Waals surface area contributed by atoms with Crippen LogP contribution in [-0.2, 0) is 38.8 Å². The summed E-state index contributed by atoms with van der Waals surface area (Å²) in [6.45, 7) is 0.301. The zero-order valence-electron chi connectivity index (χ0n) is 24.0. The van der Waals surface area contributed by atoms with E-state index in [0.717, 1.165) is 23.1 Å². The Morgan fingerprint density at radius 3 is 1.64 bits per heavy atom. The van der Waals surface area contributed by atoms with Crippen molar-refractivity contribution in [3.05, 3.63) is 108 Å². The molecule has 0 unspecified atom stereocenters. The fourth-order valence-corrected chi connectivity index (χ4v) is 9.18. The summed E-state index contributed by atoms with van der Waals surface area (Å²) in [4.78, 5) is 12.6. The molecular formula is C33H36F3NO5S2. The summed E-state index contributed by atoms with van der Waals surface area (Å²) in [7, 11) is 0. The van der Waals surface area contributed by atoms with E-state index in [9.17, 15) is 23.1 Å². The zero-order valence-corrected chi connectivity index (χ0v) is 25.7. The minimum Gasteiger partial charge on any atom is -0.390 e. The number of amides is 1. The number of carbonyl (C=O) groups excluding carboxylic acids is 1. The van der Waals surface area contributed by atoms with E-state index in [2.05, 4.69) is 5.32 Å². The minimum atomic E-state index is -5.11. The molecule has 1 saturated heterocycles. The average Bonchev–Trinajstić information content (AvgIpc) is 3.11. The third-order valence-corrected chi connectivity index (χ3v) is 11.2. The van der Waals surface area contributed by atoms with Gasteiger partial charge in [-0.15, -0.1) is 23.5 Å². The number of halogens is 3. The molecular weight excluding hydrogens is 611 g/mol. The van der Waals surface area contributed by atoms with Crippen molar-refractivity contribution in [2.24, 2.45) is 0 Å². The second-order valence-corrected chi connectivity index (χ2v) is 14.0. The minimum absolute atomic E-state index is 0.0575. The highest BCUT2D eigenvalue weighted by atomic mass is 32.2. The molecule has 1 saturated carbocycles. The van der Waals surface area contributed by atoms with Gasteiger partial charge in [0.05, 0.1) is 36.0 Å². The van der Waals surface area contributed by atoms with Crippen LogP contribution in [0, 0.1) is 0 Å². The summed E-state index contributed by atoms with van der Waals surface area (Å²) in [5.74, 6) is -0.731. The molecule has 1 aliphatic heterocycles. The maximum atomic E-state index is 13.8. The molecule has 5 atom stereocenters. The molecule has 5 rings (SSSR count). The third kappa shape index (κ3) is 8.38. The van der Waals surface area contributed by atoms with Crippen molar-refractivity contribution in [3.63, 3.8) is 0 Å². The molecule has 2 fully saturated rings. The van der Waals surface area contributed by atoms with Gasteiger partial charge in [-0.25, -0.2) is 0 Å². The van der Waals surface area contributed by atoms with Crippen LogP contribution in [0.4, 0.5) is 13.2 Å². The van der Waals surface area contributed by atoms with Crippen LogP contribution in [0.1, 0.15) is 29.5 Å². The van der Waals surface area contributed by atoms with Gasteiger partial charge < -0.3 is 24.6 Å². The molecule has 1 heterocycles.